The highest BCUT2D eigenvalue weighted by atomic mass is 35.5. The van der Waals surface area contributed by atoms with Crippen LogP contribution in [0.5, 0.6) is 0 Å². The van der Waals surface area contributed by atoms with Crippen LogP contribution in [0.2, 0.25) is 5.02 Å². The molecule has 0 amide bonds. The molecule has 0 radical (unpaired) electrons. The number of nitrogens with zero attached hydrogens (tertiary/aromatic N) is 2. The van der Waals surface area contributed by atoms with Crippen LogP contribution < -0.4 is 0 Å². The van der Waals surface area contributed by atoms with Gasteiger partial charge in [-0.15, -0.1) is 12.4 Å². The van der Waals surface area contributed by atoms with Gasteiger partial charge in [-0.1, -0.05) is 58.7 Å². The van der Waals surface area contributed by atoms with E-state index in [4.69, 9.17) is 20.2 Å². The van der Waals surface area contributed by atoms with Crippen LogP contribution in [0.15, 0.2) is 59.1 Å². The first-order chi connectivity index (χ1) is 14.8. The van der Waals surface area contributed by atoms with Gasteiger partial charge in [-0.05, 0) is 56.8 Å². The Bertz CT molecular complexity index is 1070. The number of hydrogen-bond donors (Lipinski definition) is 0. The molecule has 3 aromatic rings. The summed E-state index contributed by atoms with van der Waals surface area (Å²) in [5, 5.41) is 5.05. The molecular weight excluding hydrogens is 403 g/mol. The third kappa shape index (κ3) is 3.72. The molecular formula is C24H26Cl2N2O. The second-order valence-corrected chi connectivity index (χ2v) is 8.54. The molecule has 4 atom stereocenters. The summed E-state index contributed by atoms with van der Waals surface area (Å²) in [6, 6.07) is 18.0. The number of piperidine rings is 1. The average Bonchev–Trinajstić information content (AvgIpc) is 3.34. The minimum Gasteiger partial charge on any atom is -0.360 e. The number of likely N-dealkylation sites (N-methyl/N-ethyl adjacent to an activating group) is 1. The van der Waals surface area contributed by atoms with Crippen molar-refractivity contribution in [1.82, 2.24) is 10.1 Å². The number of benzene rings is 2. The highest BCUT2D eigenvalue weighted by Crippen LogP contribution is 2.51. The Balaban J connectivity index is 0.00000245. The maximum absolute atomic E-state index is 8.13. The predicted molar refractivity (Wildman–Crippen MR) is 120 cm³/mol. The Kier molecular flexibility index (Phi) is 4.75. The van der Waals surface area contributed by atoms with Crippen molar-refractivity contribution in [2.45, 2.75) is 50.1 Å². The number of rotatable bonds is 3. The zero-order valence-electron chi connectivity index (χ0n) is 19.2. The van der Waals surface area contributed by atoms with E-state index in [9.17, 15) is 0 Å². The van der Waals surface area contributed by atoms with Gasteiger partial charge in [0.2, 0.25) is 0 Å². The standard InChI is InChI=1S/C24H25ClN2O.ClH/c1-15-3-5-17(6-4-15)21-14-23(28-26-21)24-20(16-7-9-18(25)10-8-16)13-19-11-12-22(24)27(19)2;/h3-10,14,19-20,22,24H,11-13H2,1-2H3;1H/t19-,20+,22+,24-;/m0./s1/i2D3;. The maximum atomic E-state index is 8.13. The van der Waals surface area contributed by atoms with Gasteiger partial charge < -0.3 is 4.52 Å². The van der Waals surface area contributed by atoms with Gasteiger partial charge in [-0.25, -0.2) is 0 Å². The Morgan fingerprint density at radius 2 is 1.86 bits per heavy atom. The largest absolute Gasteiger partial charge is 0.360 e. The van der Waals surface area contributed by atoms with Gasteiger partial charge in [0.1, 0.15) is 11.5 Å². The summed E-state index contributed by atoms with van der Waals surface area (Å²) in [6.07, 6.45) is 2.52. The highest BCUT2D eigenvalue weighted by Gasteiger charge is 2.48. The van der Waals surface area contributed by atoms with Crippen molar-refractivity contribution in [2.24, 2.45) is 0 Å². The first-order valence-corrected chi connectivity index (χ1v) is 10.3. The van der Waals surface area contributed by atoms with E-state index in [1.807, 2.05) is 30.3 Å². The third-order valence-electron chi connectivity index (χ3n) is 6.42. The second-order valence-electron chi connectivity index (χ2n) is 8.11. The van der Waals surface area contributed by atoms with Crippen LogP contribution in [-0.4, -0.2) is 29.1 Å². The van der Waals surface area contributed by atoms with Crippen LogP contribution in [-0.2, 0) is 0 Å². The topological polar surface area (TPSA) is 29.3 Å². The fraction of sp³-hybridized carbons (Fsp3) is 0.375. The number of aromatic nitrogens is 1. The van der Waals surface area contributed by atoms with Crippen LogP contribution in [0.25, 0.3) is 11.3 Å². The second kappa shape index (κ2) is 8.14. The van der Waals surface area contributed by atoms with Crippen molar-refractivity contribution < 1.29 is 8.64 Å². The van der Waals surface area contributed by atoms with Crippen LogP contribution >= 0.6 is 24.0 Å². The molecule has 2 bridgehead atoms. The molecule has 3 heterocycles. The van der Waals surface area contributed by atoms with E-state index in [1.165, 1.54) is 11.1 Å². The molecule has 0 aliphatic carbocycles. The lowest BCUT2D eigenvalue weighted by atomic mass is 9.75. The van der Waals surface area contributed by atoms with E-state index in [-0.39, 0.29) is 36.3 Å². The van der Waals surface area contributed by atoms with Gasteiger partial charge >= 0.3 is 0 Å². The third-order valence-corrected chi connectivity index (χ3v) is 6.67. The van der Waals surface area contributed by atoms with Gasteiger partial charge in [-0.2, -0.15) is 0 Å². The Labute approximate surface area is 187 Å². The first-order valence-electron chi connectivity index (χ1n) is 11.4. The lowest BCUT2D eigenvalue weighted by Gasteiger charge is -2.42. The fourth-order valence-corrected chi connectivity index (χ4v) is 5.08. The number of hydrogen-bond acceptors (Lipinski definition) is 3. The van der Waals surface area contributed by atoms with Crippen LogP contribution in [0.4, 0.5) is 0 Å². The van der Waals surface area contributed by atoms with E-state index in [1.54, 1.807) is 4.90 Å². The molecule has 2 aliphatic rings. The molecule has 3 nitrogen and oxygen atoms in total. The molecule has 0 spiro atoms. The zero-order valence-corrected chi connectivity index (χ0v) is 17.8. The Hall–Kier alpha value is -1.81. The summed E-state index contributed by atoms with van der Waals surface area (Å²) in [7, 11) is 0. The summed E-state index contributed by atoms with van der Waals surface area (Å²) >= 11 is 6.13. The van der Waals surface area contributed by atoms with Gasteiger partial charge in [0.15, 0.2) is 0 Å². The molecule has 29 heavy (non-hydrogen) atoms. The quantitative estimate of drug-likeness (QED) is 0.476. The van der Waals surface area contributed by atoms with Crippen LogP contribution in [0, 0.1) is 6.92 Å². The van der Waals surface area contributed by atoms with Crippen molar-refractivity contribution in [3.63, 3.8) is 0 Å². The average molecular weight is 432 g/mol. The van der Waals surface area contributed by atoms with Crippen molar-refractivity contribution in [1.29, 1.82) is 0 Å². The SMILES string of the molecule is Cl.[2H]C([2H])([2H])N1[C@H]2CC[C@@H]1[C@@H](c1cc(-c3ccc(C)cc3)no1)[C@@H](c1ccc(Cl)cc1)C2. The number of fused-ring (bicyclic) bond motifs is 2. The molecule has 5 heteroatoms. The van der Waals surface area contributed by atoms with Crippen molar-refractivity contribution in [3.8, 4) is 11.3 Å². The molecule has 2 saturated heterocycles. The summed E-state index contributed by atoms with van der Waals surface area (Å²) in [5.74, 6) is 0.842. The summed E-state index contributed by atoms with van der Waals surface area (Å²) in [4.78, 5) is 1.75. The van der Waals surface area contributed by atoms with E-state index in [2.05, 4.69) is 36.3 Å². The maximum Gasteiger partial charge on any atom is 0.142 e. The molecule has 2 aliphatic heterocycles. The summed E-state index contributed by atoms with van der Waals surface area (Å²) in [5.41, 5.74) is 4.14. The van der Waals surface area contributed by atoms with E-state index in [0.717, 1.165) is 36.3 Å². The molecule has 152 valence electrons. The Morgan fingerprint density at radius 1 is 1.10 bits per heavy atom. The van der Waals surface area contributed by atoms with Crippen molar-refractivity contribution >= 4 is 24.0 Å². The molecule has 0 unspecified atom stereocenters. The van der Waals surface area contributed by atoms with Gasteiger partial charge in [0.25, 0.3) is 0 Å². The molecule has 5 rings (SSSR count). The van der Waals surface area contributed by atoms with Crippen LogP contribution in [0.3, 0.4) is 0 Å². The van der Waals surface area contributed by atoms with Gasteiger partial charge in [0.05, 0.1) is 0 Å². The van der Waals surface area contributed by atoms with Crippen LogP contribution in [0.1, 0.15) is 52.1 Å². The highest BCUT2D eigenvalue weighted by molar-refractivity contribution is 6.30. The van der Waals surface area contributed by atoms with E-state index in [0.29, 0.717) is 5.02 Å². The lowest BCUT2D eigenvalue weighted by Crippen LogP contribution is -2.44. The van der Waals surface area contributed by atoms with E-state index < -0.39 is 6.98 Å². The van der Waals surface area contributed by atoms with E-state index >= 15 is 0 Å². The molecule has 0 N–H and O–H groups in total. The number of aryl methyl sites for hydroxylation is 1. The fourth-order valence-electron chi connectivity index (χ4n) is 4.95. The predicted octanol–water partition coefficient (Wildman–Crippen LogP) is 6.46. The minimum absolute atomic E-state index is 0. The summed E-state index contributed by atoms with van der Waals surface area (Å²) < 4.78 is 30.3. The zero-order chi connectivity index (χ0) is 21.8. The van der Waals surface area contributed by atoms with Gasteiger partial charge in [0, 0.05) is 38.8 Å². The smallest absolute Gasteiger partial charge is 0.142 e. The monoisotopic (exact) mass is 431 g/mol. The van der Waals surface area contributed by atoms with Crippen molar-refractivity contribution in [2.75, 3.05) is 6.98 Å². The Morgan fingerprint density at radius 3 is 2.59 bits per heavy atom. The molecule has 1 aromatic heterocycles. The van der Waals surface area contributed by atoms with Crippen molar-refractivity contribution in [3.05, 3.63) is 76.5 Å². The van der Waals surface area contributed by atoms with Gasteiger partial charge in [-0.3, -0.25) is 4.90 Å². The lowest BCUT2D eigenvalue weighted by molar-refractivity contribution is 0.122. The minimum atomic E-state index is -2.12. The summed E-state index contributed by atoms with van der Waals surface area (Å²) in [6.45, 7) is -0.0640. The first kappa shape index (κ1) is 16.9. The molecule has 2 aromatic carbocycles. The number of halogens is 2. The normalized spacial score (nSPS) is 28.3. The molecule has 2 fully saturated rings. The molecule has 0 saturated carbocycles.